The van der Waals surface area contributed by atoms with Crippen LogP contribution in [0.1, 0.15) is 31.3 Å². The smallest absolute Gasteiger partial charge is 0.267 e. The third kappa shape index (κ3) is 4.01. The molecule has 2 N–H and O–H groups in total. The average molecular weight is 425 g/mol. The molecule has 0 fully saturated rings. The van der Waals surface area contributed by atoms with Crippen LogP contribution in [-0.2, 0) is 6.54 Å². The molecule has 2 aromatic heterocycles. The van der Waals surface area contributed by atoms with Gasteiger partial charge in [-0.1, -0.05) is 48.0 Å². The second-order valence-electron chi connectivity index (χ2n) is 6.44. The lowest BCUT2D eigenvalue weighted by Crippen LogP contribution is -2.41. The van der Waals surface area contributed by atoms with Gasteiger partial charge in [0.2, 0.25) is 0 Å². The summed E-state index contributed by atoms with van der Waals surface area (Å²) in [4.78, 5) is 26.0. The summed E-state index contributed by atoms with van der Waals surface area (Å²) in [6, 6.07) is 18.1. The Balaban J connectivity index is 1.52. The highest BCUT2D eigenvalue weighted by molar-refractivity contribution is 7.20. The lowest BCUT2D eigenvalue weighted by Gasteiger charge is -2.06. The minimum atomic E-state index is -0.376. The van der Waals surface area contributed by atoms with Crippen molar-refractivity contribution < 1.29 is 9.59 Å². The van der Waals surface area contributed by atoms with Crippen molar-refractivity contribution in [1.29, 1.82) is 0 Å². The highest BCUT2D eigenvalue weighted by Crippen LogP contribution is 2.29. The van der Waals surface area contributed by atoms with Gasteiger partial charge in [0.05, 0.1) is 17.1 Å². The molecule has 146 valence electrons. The van der Waals surface area contributed by atoms with E-state index in [4.69, 9.17) is 11.6 Å². The number of benzene rings is 2. The second kappa shape index (κ2) is 8.06. The number of hydrazine groups is 1. The van der Waals surface area contributed by atoms with Crippen molar-refractivity contribution in [1.82, 2.24) is 20.6 Å². The number of aromatic nitrogens is 2. The van der Waals surface area contributed by atoms with Gasteiger partial charge in [0.1, 0.15) is 4.83 Å². The summed E-state index contributed by atoms with van der Waals surface area (Å²) in [6.07, 6.45) is 0. The lowest BCUT2D eigenvalue weighted by atomic mass is 10.2. The van der Waals surface area contributed by atoms with Crippen LogP contribution in [0.5, 0.6) is 0 Å². The van der Waals surface area contributed by atoms with Crippen LogP contribution in [0.2, 0.25) is 5.02 Å². The number of hydrogen-bond acceptors (Lipinski definition) is 4. The van der Waals surface area contributed by atoms with Gasteiger partial charge >= 0.3 is 0 Å². The summed E-state index contributed by atoms with van der Waals surface area (Å²) < 4.78 is 1.84. The van der Waals surface area contributed by atoms with Gasteiger partial charge in [0.15, 0.2) is 0 Å². The number of nitrogens with zero attached hydrogens (tertiary/aromatic N) is 2. The third-order valence-corrected chi connectivity index (χ3v) is 5.95. The van der Waals surface area contributed by atoms with Crippen molar-refractivity contribution in [2.75, 3.05) is 0 Å². The molecular weight excluding hydrogens is 408 g/mol. The zero-order chi connectivity index (χ0) is 20.4. The van der Waals surface area contributed by atoms with Gasteiger partial charge in [-0.25, -0.2) is 0 Å². The molecule has 0 atom stereocenters. The fourth-order valence-electron chi connectivity index (χ4n) is 2.96. The molecule has 4 rings (SSSR count). The standard InChI is InChI=1S/C21H17ClN4O2S/c1-13-16-11-18(20(28)24-23-19(27)14-7-3-2-4-8-14)29-21(16)26(25-13)12-15-9-5-6-10-17(15)22/h2-11H,12H2,1H3,(H,23,27)(H,24,28). The van der Waals surface area contributed by atoms with E-state index in [0.29, 0.717) is 22.0 Å². The van der Waals surface area contributed by atoms with Gasteiger partial charge in [0, 0.05) is 16.0 Å². The van der Waals surface area contributed by atoms with Crippen molar-refractivity contribution in [3.63, 3.8) is 0 Å². The molecule has 8 heteroatoms. The minimum absolute atomic E-state index is 0.374. The van der Waals surface area contributed by atoms with Gasteiger partial charge in [-0.2, -0.15) is 5.10 Å². The van der Waals surface area contributed by atoms with E-state index in [1.165, 1.54) is 11.3 Å². The number of nitrogens with one attached hydrogen (secondary N) is 2. The lowest BCUT2D eigenvalue weighted by molar-refractivity contribution is 0.0849. The summed E-state index contributed by atoms with van der Waals surface area (Å²) in [6.45, 7) is 2.41. The van der Waals surface area contributed by atoms with Crippen LogP contribution in [-0.4, -0.2) is 21.6 Å². The molecule has 0 radical (unpaired) electrons. The molecule has 2 amide bonds. The van der Waals surface area contributed by atoms with Crippen molar-refractivity contribution >= 4 is 45.0 Å². The Hall–Kier alpha value is -3.16. The molecule has 0 aliphatic carbocycles. The minimum Gasteiger partial charge on any atom is -0.267 e. The zero-order valence-electron chi connectivity index (χ0n) is 15.5. The summed E-state index contributed by atoms with van der Waals surface area (Å²) in [7, 11) is 0. The van der Waals surface area contributed by atoms with Gasteiger partial charge in [0.25, 0.3) is 11.8 Å². The largest absolute Gasteiger partial charge is 0.279 e. The Labute approximate surface area is 176 Å². The first-order valence-electron chi connectivity index (χ1n) is 8.89. The zero-order valence-corrected chi connectivity index (χ0v) is 17.1. The van der Waals surface area contributed by atoms with E-state index in [-0.39, 0.29) is 11.8 Å². The van der Waals surface area contributed by atoms with Crippen LogP contribution in [0.25, 0.3) is 10.2 Å². The molecule has 6 nitrogen and oxygen atoms in total. The maximum Gasteiger partial charge on any atom is 0.279 e. The summed E-state index contributed by atoms with van der Waals surface area (Å²) in [5.41, 5.74) is 7.15. The summed E-state index contributed by atoms with van der Waals surface area (Å²) >= 11 is 7.59. The second-order valence-corrected chi connectivity index (χ2v) is 7.88. The molecular formula is C21H17ClN4O2S. The molecule has 0 bridgehead atoms. The molecule has 0 saturated carbocycles. The Kier molecular flexibility index (Phi) is 5.33. The van der Waals surface area contributed by atoms with Crippen LogP contribution in [0, 0.1) is 6.92 Å². The fourth-order valence-corrected chi connectivity index (χ4v) is 4.21. The fraction of sp³-hybridized carbons (Fsp3) is 0.0952. The normalized spacial score (nSPS) is 10.8. The maximum atomic E-state index is 12.5. The first-order valence-corrected chi connectivity index (χ1v) is 10.1. The third-order valence-electron chi connectivity index (χ3n) is 4.43. The number of fused-ring (bicyclic) bond motifs is 1. The highest BCUT2D eigenvalue weighted by Gasteiger charge is 2.17. The summed E-state index contributed by atoms with van der Waals surface area (Å²) in [5.74, 6) is -0.750. The number of rotatable bonds is 4. The van der Waals surface area contributed by atoms with Gasteiger partial charge in [-0.05, 0) is 36.8 Å². The Morgan fingerprint density at radius 2 is 1.72 bits per heavy atom. The number of carbonyl (C=O) groups is 2. The van der Waals surface area contributed by atoms with E-state index >= 15 is 0 Å². The Bertz CT molecular complexity index is 1200. The van der Waals surface area contributed by atoms with E-state index in [2.05, 4.69) is 16.0 Å². The topological polar surface area (TPSA) is 76.0 Å². The Morgan fingerprint density at radius 1 is 1.03 bits per heavy atom. The molecule has 0 saturated heterocycles. The number of hydrogen-bond donors (Lipinski definition) is 2. The van der Waals surface area contributed by atoms with E-state index in [0.717, 1.165) is 21.5 Å². The van der Waals surface area contributed by atoms with Crippen molar-refractivity contribution in [2.45, 2.75) is 13.5 Å². The first kappa shape index (κ1) is 19.2. The Morgan fingerprint density at radius 3 is 2.48 bits per heavy atom. The predicted octanol–water partition coefficient (Wildman–Crippen LogP) is 4.18. The predicted molar refractivity (Wildman–Crippen MR) is 114 cm³/mol. The average Bonchev–Trinajstić information content (AvgIpc) is 3.30. The molecule has 0 aliphatic heterocycles. The van der Waals surface area contributed by atoms with E-state index in [1.54, 1.807) is 30.3 Å². The quantitative estimate of drug-likeness (QED) is 0.482. The van der Waals surface area contributed by atoms with Crippen molar-refractivity contribution in [3.05, 3.63) is 87.4 Å². The van der Waals surface area contributed by atoms with Gasteiger partial charge in [-0.15, -0.1) is 11.3 Å². The summed E-state index contributed by atoms with van der Waals surface area (Å²) in [5, 5.41) is 6.14. The monoisotopic (exact) mass is 424 g/mol. The SMILES string of the molecule is Cc1nn(Cc2ccccc2Cl)c2sc(C(=O)NNC(=O)c3ccccc3)cc12. The molecule has 29 heavy (non-hydrogen) atoms. The molecule has 0 unspecified atom stereocenters. The molecule has 2 aromatic carbocycles. The molecule has 0 aliphatic rings. The van der Waals surface area contributed by atoms with Crippen LogP contribution in [0.4, 0.5) is 0 Å². The van der Waals surface area contributed by atoms with Crippen LogP contribution in [0.15, 0.2) is 60.7 Å². The van der Waals surface area contributed by atoms with Crippen molar-refractivity contribution in [3.8, 4) is 0 Å². The number of halogens is 1. The van der Waals surface area contributed by atoms with Crippen molar-refractivity contribution in [2.24, 2.45) is 0 Å². The maximum absolute atomic E-state index is 12.5. The van der Waals surface area contributed by atoms with Crippen LogP contribution in [0.3, 0.4) is 0 Å². The molecule has 0 spiro atoms. The van der Waals surface area contributed by atoms with Gasteiger partial charge < -0.3 is 0 Å². The van der Waals surface area contributed by atoms with E-state index in [9.17, 15) is 9.59 Å². The number of thiophene rings is 1. The number of amides is 2. The first-order chi connectivity index (χ1) is 14.0. The van der Waals surface area contributed by atoms with E-state index in [1.807, 2.05) is 41.9 Å². The molecule has 4 aromatic rings. The van der Waals surface area contributed by atoms with Gasteiger partial charge in [-0.3, -0.25) is 25.1 Å². The number of carbonyl (C=O) groups excluding carboxylic acids is 2. The number of aryl methyl sites for hydroxylation is 1. The van der Waals surface area contributed by atoms with Crippen LogP contribution < -0.4 is 10.9 Å². The van der Waals surface area contributed by atoms with E-state index < -0.39 is 0 Å². The highest BCUT2D eigenvalue weighted by atomic mass is 35.5. The molecule has 2 heterocycles. The van der Waals surface area contributed by atoms with Crippen LogP contribution >= 0.6 is 22.9 Å².